The van der Waals surface area contributed by atoms with Crippen molar-refractivity contribution in [1.82, 2.24) is 20.1 Å². The number of aromatic amines is 1. The summed E-state index contributed by atoms with van der Waals surface area (Å²) in [5.74, 6) is 0.321. The van der Waals surface area contributed by atoms with Gasteiger partial charge in [0.2, 0.25) is 17.6 Å². The summed E-state index contributed by atoms with van der Waals surface area (Å²) in [6.45, 7) is 1.96. The van der Waals surface area contributed by atoms with Crippen LogP contribution in [-0.2, 0) is 11.2 Å². The van der Waals surface area contributed by atoms with Gasteiger partial charge in [0.1, 0.15) is 0 Å². The maximum Gasteiger partial charge on any atom is 0.259 e. The molecule has 0 aliphatic heterocycles. The molecule has 4 rings (SSSR count). The van der Waals surface area contributed by atoms with Crippen molar-refractivity contribution in [3.05, 3.63) is 70.6 Å². The first-order valence-electron chi connectivity index (χ1n) is 8.75. The Hall–Kier alpha value is -3.81. The van der Waals surface area contributed by atoms with Crippen LogP contribution in [-0.4, -0.2) is 26.0 Å². The van der Waals surface area contributed by atoms with Crippen LogP contribution >= 0.6 is 0 Å². The molecule has 8 nitrogen and oxygen atoms in total. The summed E-state index contributed by atoms with van der Waals surface area (Å²) < 4.78 is 5.20. The molecule has 4 aromatic rings. The van der Waals surface area contributed by atoms with E-state index in [-0.39, 0.29) is 30.1 Å². The molecule has 3 aromatic heterocycles. The van der Waals surface area contributed by atoms with Gasteiger partial charge in [-0.3, -0.25) is 14.6 Å². The zero-order valence-electron chi connectivity index (χ0n) is 15.1. The number of rotatable bonds is 5. The number of hydrogen-bond acceptors (Lipinski definition) is 6. The number of pyridine rings is 2. The monoisotopic (exact) mass is 375 g/mol. The second-order valence-corrected chi connectivity index (χ2v) is 6.40. The highest BCUT2D eigenvalue weighted by molar-refractivity contribution is 5.90. The molecule has 1 aromatic carbocycles. The van der Waals surface area contributed by atoms with Crippen molar-refractivity contribution in [2.75, 3.05) is 5.32 Å². The van der Waals surface area contributed by atoms with E-state index < -0.39 is 0 Å². The number of nitrogens with one attached hydrogen (secondary N) is 2. The van der Waals surface area contributed by atoms with E-state index in [2.05, 4.69) is 25.4 Å². The summed E-state index contributed by atoms with van der Waals surface area (Å²) in [5, 5.41) is 7.53. The summed E-state index contributed by atoms with van der Waals surface area (Å²) in [5.41, 5.74) is 2.52. The largest absolute Gasteiger partial charge is 0.339 e. The fourth-order valence-corrected chi connectivity index (χ4v) is 2.83. The van der Waals surface area contributed by atoms with Gasteiger partial charge >= 0.3 is 0 Å². The van der Waals surface area contributed by atoms with Gasteiger partial charge in [-0.1, -0.05) is 17.3 Å². The Balaban J connectivity index is 1.48. The average Bonchev–Trinajstić information content (AvgIpc) is 3.15. The molecule has 8 heteroatoms. The number of aryl methyl sites for hydroxylation is 2. The van der Waals surface area contributed by atoms with Crippen LogP contribution in [0.4, 0.5) is 5.69 Å². The molecule has 1 amide bonds. The molecule has 0 spiro atoms. The molecule has 28 heavy (non-hydrogen) atoms. The summed E-state index contributed by atoms with van der Waals surface area (Å²) >= 11 is 0. The predicted octanol–water partition coefficient (Wildman–Crippen LogP) is 2.85. The number of H-pyrrole nitrogens is 1. The van der Waals surface area contributed by atoms with Gasteiger partial charge in [0.15, 0.2) is 0 Å². The standard InChI is InChI=1S/C20H17N5O3/c1-12-2-3-13-11-15(20(27)23-16(13)10-12)19-24-18(28-25-19)5-4-17(26)22-14-6-8-21-9-7-14/h2-3,6-11H,4-5H2,1H3,(H,23,27)(H,21,22,26). The van der Waals surface area contributed by atoms with Crippen molar-refractivity contribution in [3.63, 3.8) is 0 Å². The average molecular weight is 375 g/mol. The molecule has 0 radical (unpaired) electrons. The number of aromatic nitrogens is 4. The zero-order valence-corrected chi connectivity index (χ0v) is 15.1. The Morgan fingerprint density at radius 1 is 1.18 bits per heavy atom. The first-order chi connectivity index (χ1) is 13.6. The van der Waals surface area contributed by atoms with Crippen LogP contribution in [0.5, 0.6) is 0 Å². The van der Waals surface area contributed by atoms with Gasteiger partial charge in [0.05, 0.1) is 5.56 Å². The van der Waals surface area contributed by atoms with E-state index in [1.807, 2.05) is 25.1 Å². The number of benzene rings is 1. The number of nitrogens with zero attached hydrogens (tertiary/aromatic N) is 3. The van der Waals surface area contributed by atoms with Gasteiger partial charge in [0, 0.05) is 36.4 Å². The summed E-state index contributed by atoms with van der Waals surface area (Å²) in [6, 6.07) is 10.9. The van der Waals surface area contributed by atoms with Crippen LogP contribution in [0, 0.1) is 6.92 Å². The van der Waals surface area contributed by atoms with Crippen LogP contribution in [0.15, 0.2) is 58.1 Å². The van der Waals surface area contributed by atoms with E-state index >= 15 is 0 Å². The van der Waals surface area contributed by atoms with Crippen molar-refractivity contribution >= 4 is 22.5 Å². The van der Waals surface area contributed by atoms with Crippen molar-refractivity contribution < 1.29 is 9.32 Å². The third-order valence-electron chi connectivity index (χ3n) is 4.24. The summed E-state index contributed by atoms with van der Waals surface area (Å²) in [7, 11) is 0. The molecule has 0 saturated heterocycles. The fourth-order valence-electron chi connectivity index (χ4n) is 2.83. The van der Waals surface area contributed by atoms with E-state index in [4.69, 9.17) is 4.52 Å². The van der Waals surface area contributed by atoms with Crippen LogP contribution in [0.3, 0.4) is 0 Å². The van der Waals surface area contributed by atoms with Gasteiger partial charge in [-0.15, -0.1) is 0 Å². The number of fused-ring (bicyclic) bond motifs is 1. The highest BCUT2D eigenvalue weighted by Gasteiger charge is 2.14. The molecule has 0 bridgehead atoms. The minimum Gasteiger partial charge on any atom is -0.339 e. The van der Waals surface area contributed by atoms with E-state index in [0.29, 0.717) is 17.1 Å². The van der Waals surface area contributed by atoms with Crippen molar-refractivity contribution in [2.45, 2.75) is 19.8 Å². The lowest BCUT2D eigenvalue weighted by atomic mass is 10.1. The highest BCUT2D eigenvalue weighted by Crippen LogP contribution is 2.18. The van der Waals surface area contributed by atoms with Crippen molar-refractivity contribution in [2.24, 2.45) is 0 Å². The molecular weight excluding hydrogens is 358 g/mol. The lowest BCUT2D eigenvalue weighted by Crippen LogP contribution is -2.12. The minimum atomic E-state index is -0.291. The SMILES string of the molecule is Cc1ccc2cc(-c3noc(CCC(=O)Nc4ccncc4)n3)c(=O)[nH]c2c1. The van der Waals surface area contributed by atoms with E-state index in [9.17, 15) is 9.59 Å². The smallest absolute Gasteiger partial charge is 0.259 e. The van der Waals surface area contributed by atoms with Gasteiger partial charge < -0.3 is 14.8 Å². The molecule has 0 fully saturated rings. The summed E-state index contributed by atoms with van der Waals surface area (Å²) in [4.78, 5) is 35.4. The molecule has 0 aliphatic rings. The Morgan fingerprint density at radius 2 is 2.00 bits per heavy atom. The molecule has 0 atom stereocenters. The molecule has 0 unspecified atom stereocenters. The number of hydrogen-bond donors (Lipinski definition) is 2. The second kappa shape index (κ2) is 7.43. The van der Waals surface area contributed by atoms with Gasteiger partial charge in [-0.05, 0) is 42.1 Å². The van der Waals surface area contributed by atoms with Crippen molar-refractivity contribution in [3.8, 4) is 11.4 Å². The maximum atomic E-state index is 12.4. The van der Waals surface area contributed by atoms with Crippen LogP contribution < -0.4 is 10.9 Å². The fraction of sp³-hybridized carbons (Fsp3) is 0.150. The van der Waals surface area contributed by atoms with Gasteiger partial charge in [-0.2, -0.15) is 4.98 Å². The number of carbonyl (C=O) groups excluding carboxylic acids is 1. The molecule has 0 aliphatic carbocycles. The Bertz CT molecular complexity index is 1200. The third kappa shape index (κ3) is 3.80. The maximum absolute atomic E-state index is 12.4. The summed E-state index contributed by atoms with van der Waals surface area (Å²) in [6.07, 6.45) is 3.65. The Morgan fingerprint density at radius 3 is 2.82 bits per heavy atom. The van der Waals surface area contributed by atoms with Crippen LogP contribution in [0.25, 0.3) is 22.3 Å². The van der Waals surface area contributed by atoms with Gasteiger partial charge in [0.25, 0.3) is 5.56 Å². The van der Waals surface area contributed by atoms with E-state index in [1.165, 1.54) is 0 Å². The Kier molecular flexibility index (Phi) is 4.67. The molecule has 2 N–H and O–H groups in total. The van der Waals surface area contributed by atoms with Crippen molar-refractivity contribution in [1.29, 1.82) is 0 Å². The molecule has 0 saturated carbocycles. The zero-order chi connectivity index (χ0) is 19.5. The van der Waals surface area contributed by atoms with Crippen LogP contribution in [0.1, 0.15) is 17.9 Å². The number of carbonyl (C=O) groups is 1. The first kappa shape index (κ1) is 17.6. The van der Waals surface area contributed by atoms with Crippen LogP contribution in [0.2, 0.25) is 0 Å². The second-order valence-electron chi connectivity index (χ2n) is 6.40. The molecule has 140 valence electrons. The number of amides is 1. The Labute approximate surface area is 159 Å². The quantitative estimate of drug-likeness (QED) is 0.554. The highest BCUT2D eigenvalue weighted by atomic mass is 16.5. The topological polar surface area (TPSA) is 114 Å². The molecular formula is C20H17N5O3. The third-order valence-corrected chi connectivity index (χ3v) is 4.24. The normalized spacial score (nSPS) is 10.9. The minimum absolute atomic E-state index is 0.176. The molecule has 3 heterocycles. The lowest BCUT2D eigenvalue weighted by Gasteiger charge is -2.02. The van der Waals surface area contributed by atoms with E-state index in [0.717, 1.165) is 16.5 Å². The lowest BCUT2D eigenvalue weighted by molar-refractivity contribution is -0.116. The van der Waals surface area contributed by atoms with Gasteiger partial charge in [-0.25, -0.2) is 0 Å². The van der Waals surface area contributed by atoms with E-state index in [1.54, 1.807) is 30.6 Å². The first-order valence-corrected chi connectivity index (χ1v) is 8.75. The number of anilines is 1. The predicted molar refractivity (Wildman–Crippen MR) is 104 cm³/mol.